The Bertz CT molecular complexity index is 832. The molecule has 7 nitrogen and oxygen atoms in total. The van der Waals surface area contributed by atoms with Crippen LogP contribution in [0.25, 0.3) is 0 Å². The second-order valence-corrected chi connectivity index (χ2v) is 6.92. The van der Waals surface area contributed by atoms with Crippen molar-refractivity contribution in [2.45, 2.75) is 40.3 Å². The number of phenols is 1. The summed E-state index contributed by atoms with van der Waals surface area (Å²) in [6, 6.07) is 12.4. The van der Waals surface area contributed by atoms with Gasteiger partial charge in [-0.05, 0) is 63.6 Å². The van der Waals surface area contributed by atoms with Crippen LogP contribution in [0.3, 0.4) is 0 Å². The molecule has 0 fully saturated rings. The predicted molar refractivity (Wildman–Crippen MR) is 116 cm³/mol. The summed E-state index contributed by atoms with van der Waals surface area (Å²) in [7, 11) is 0. The van der Waals surface area contributed by atoms with Crippen molar-refractivity contribution in [3.05, 3.63) is 53.6 Å². The third kappa shape index (κ3) is 7.73. The lowest BCUT2D eigenvalue weighted by Gasteiger charge is -2.15. The lowest BCUT2D eigenvalue weighted by Crippen LogP contribution is -2.41. The number of hydrogen-bond donors (Lipinski definition) is 4. The van der Waals surface area contributed by atoms with Gasteiger partial charge in [-0.1, -0.05) is 12.1 Å². The van der Waals surface area contributed by atoms with Crippen molar-refractivity contribution < 1.29 is 14.6 Å². The average Bonchev–Trinajstić information content (AvgIpc) is 2.66. The summed E-state index contributed by atoms with van der Waals surface area (Å²) in [6.45, 7) is 9.15. The quantitative estimate of drug-likeness (QED) is 0.311. The molecule has 2 aromatic rings. The molecule has 0 heterocycles. The zero-order valence-electron chi connectivity index (χ0n) is 17.5. The Morgan fingerprint density at radius 2 is 1.86 bits per heavy atom. The van der Waals surface area contributed by atoms with Gasteiger partial charge < -0.3 is 25.8 Å². The van der Waals surface area contributed by atoms with Crippen LogP contribution in [-0.2, 0) is 11.3 Å². The van der Waals surface area contributed by atoms with Gasteiger partial charge in [0.15, 0.2) is 5.96 Å². The van der Waals surface area contributed by atoms with Crippen LogP contribution in [0, 0.1) is 6.92 Å². The number of nitrogens with zero attached hydrogens (tertiary/aromatic N) is 1. The first-order chi connectivity index (χ1) is 13.9. The summed E-state index contributed by atoms with van der Waals surface area (Å²) in [5.41, 5.74) is 2.73. The van der Waals surface area contributed by atoms with Crippen molar-refractivity contribution in [3.8, 4) is 11.5 Å². The molecule has 0 aliphatic rings. The Morgan fingerprint density at radius 1 is 1.14 bits per heavy atom. The molecular weight excluding hydrogens is 368 g/mol. The number of phenolic OH excluding ortho intramolecular Hbond substituents is 1. The lowest BCUT2D eigenvalue weighted by atomic mass is 10.1. The number of guanidine groups is 1. The minimum absolute atomic E-state index is 0.0654. The van der Waals surface area contributed by atoms with Gasteiger partial charge in [0.1, 0.15) is 11.5 Å². The smallest absolute Gasteiger partial charge is 0.243 e. The summed E-state index contributed by atoms with van der Waals surface area (Å²) >= 11 is 0. The van der Waals surface area contributed by atoms with Crippen LogP contribution in [0.1, 0.15) is 31.9 Å². The van der Waals surface area contributed by atoms with E-state index in [1.165, 1.54) is 12.1 Å². The lowest BCUT2D eigenvalue weighted by molar-refractivity contribution is -0.115. The third-order valence-electron chi connectivity index (χ3n) is 3.90. The summed E-state index contributed by atoms with van der Waals surface area (Å²) in [6.07, 6.45) is 0.0782. The Kier molecular flexibility index (Phi) is 8.33. The number of carbonyl (C=O) groups is 1. The molecule has 0 radical (unpaired) electrons. The molecule has 0 saturated carbocycles. The molecule has 0 atom stereocenters. The van der Waals surface area contributed by atoms with E-state index < -0.39 is 0 Å². The normalized spacial score (nSPS) is 11.3. The molecule has 0 aromatic heterocycles. The van der Waals surface area contributed by atoms with E-state index in [0.717, 1.165) is 16.9 Å². The van der Waals surface area contributed by atoms with Gasteiger partial charge >= 0.3 is 0 Å². The van der Waals surface area contributed by atoms with Crippen molar-refractivity contribution in [2.24, 2.45) is 4.99 Å². The molecule has 0 aliphatic heterocycles. The molecular formula is C22H30N4O3. The Balaban J connectivity index is 1.99. The summed E-state index contributed by atoms with van der Waals surface area (Å²) in [4.78, 5) is 16.7. The first-order valence-corrected chi connectivity index (χ1v) is 9.74. The number of benzene rings is 2. The molecule has 0 bridgehead atoms. The average molecular weight is 399 g/mol. The second-order valence-electron chi connectivity index (χ2n) is 6.92. The number of amides is 1. The minimum atomic E-state index is -0.208. The zero-order chi connectivity index (χ0) is 21.2. The van der Waals surface area contributed by atoms with Gasteiger partial charge in [-0.2, -0.15) is 0 Å². The molecule has 4 N–H and O–H groups in total. The monoisotopic (exact) mass is 398 g/mol. The molecule has 0 saturated heterocycles. The zero-order valence-corrected chi connectivity index (χ0v) is 17.5. The number of anilines is 1. The number of nitrogens with one attached hydrogen (secondary N) is 3. The molecule has 29 heavy (non-hydrogen) atoms. The van der Waals surface area contributed by atoms with E-state index in [4.69, 9.17) is 4.74 Å². The van der Waals surface area contributed by atoms with Crippen LogP contribution in [-0.4, -0.2) is 36.2 Å². The number of rotatable bonds is 8. The van der Waals surface area contributed by atoms with Crippen LogP contribution in [0.4, 0.5) is 5.69 Å². The van der Waals surface area contributed by atoms with E-state index in [1.54, 1.807) is 12.1 Å². The number of carbonyl (C=O) groups excluding carboxylic acids is 1. The number of aliphatic imine (C=N–C) groups is 1. The number of hydrogen-bond acceptors (Lipinski definition) is 4. The number of ether oxygens (including phenoxy) is 1. The molecule has 2 aromatic carbocycles. The highest BCUT2D eigenvalue weighted by atomic mass is 16.5. The van der Waals surface area contributed by atoms with Crippen molar-refractivity contribution >= 4 is 17.6 Å². The van der Waals surface area contributed by atoms with Gasteiger partial charge in [-0.3, -0.25) is 4.79 Å². The van der Waals surface area contributed by atoms with Crippen LogP contribution in [0.5, 0.6) is 11.5 Å². The summed E-state index contributed by atoms with van der Waals surface area (Å²) < 4.78 is 5.90. The molecule has 0 spiro atoms. The van der Waals surface area contributed by atoms with Gasteiger partial charge in [0.05, 0.1) is 19.2 Å². The van der Waals surface area contributed by atoms with E-state index in [0.29, 0.717) is 24.7 Å². The Labute approximate surface area is 172 Å². The van der Waals surface area contributed by atoms with Gasteiger partial charge in [0.2, 0.25) is 5.91 Å². The minimum Gasteiger partial charge on any atom is -0.508 e. The second kappa shape index (κ2) is 10.9. The largest absolute Gasteiger partial charge is 0.508 e. The molecule has 7 heteroatoms. The fourth-order valence-electron chi connectivity index (χ4n) is 2.58. The van der Waals surface area contributed by atoms with E-state index >= 15 is 0 Å². The van der Waals surface area contributed by atoms with E-state index in [2.05, 4.69) is 20.9 Å². The Hall–Kier alpha value is -3.22. The van der Waals surface area contributed by atoms with Crippen molar-refractivity contribution in [1.29, 1.82) is 0 Å². The van der Waals surface area contributed by atoms with Crippen molar-refractivity contribution in [2.75, 3.05) is 18.4 Å². The predicted octanol–water partition coefficient (Wildman–Crippen LogP) is 3.18. The highest BCUT2D eigenvalue weighted by Crippen LogP contribution is 2.22. The van der Waals surface area contributed by atoms with Crippen LogP contribution >= 0.6 is 0 Å². The summed E-state index contributed by atoms with van der Waals surface area (Å²) in [5, 5.41) is 18.2. The van der Waals surface area contributed by atoms with Crippen molar-refractivity contribution in [3.63, 3.8) is 0 Å². The highest BCUT2D eigenvalue weighted by Gasteiger charge is 2.08. The molecule has 1 amide bonds. The van der Waals surface area contributed by atoms with Crippen LogP contribution in [0.15, 0.2) is 47.5 Å². The van der Waals surface area contributed by atoms with Gasteiger partial charge in [-0.25, -0.2) is 4.99 Å². The maximum absolute atomic E-state index is 12.2. The van der Waals surface area contributed by atoms with Gasteiger partial charge in [0, 0.05) is 17.8 Å². The first kappa shape index (κ1) is 22.1. The molecule has 156 valence electrons. The van der Waals surface area contributed by atoms with Gasteiger partial charge in [-0.15, -0.1) is 0 Å². The van der Waals surface area contributed by atoms with Crippen LogP contribution < -0.4 is 20.7 Å². The standard InChI is InChI=1S/C22H30N4O3/c1-5-23-22(25-14-21(28)26-18-8-10-19(27)11-9-18)24-13-17-7-6-16(4)12-20(17)29-15(2)3/h6-12,15,27H,5,13-14H2,1-4H3,(H,26,28)(H2,23,24,25). The fourth-order valence-corrected chi connectivity index (χ4v) is 2.58. The first-order valence-electron chi connectivity index (χ1n) is 9.74. The maximum atomic E-state index is 12.2. The van der Waals surface area contributed by atoms with Gasteiger partial charge in [0.25, 0.3) is 0 Å². The molecule has 0 unspecified atom stereocenters. The number of aryl methyl sites for hydroxylation is 1. The van der Waals surface area contributed by atoms with E-state index in [-0.39, 0.29) is 24.3 Å². The highest BCUT2D eigenvalue weighted by molar-refractivity contribution is 5.95. The van der Waals surface area contributed by atoms with Crippen LogP contribution in [0.2, 0.25) is 0 Å². The topological polar surface area (TPSA) is 95.0 Å². The van der Waals surface area contributed by atoms with E-state index in [9.17, 15) is 9.90 Å². The van der Waals surface area contributed by atoms with Crippen molar-refractivity contribution in [1.82, 2.24) is 10.6 Å². The molecule has 2 rings (SSSR count). The SMILES string of the molecule is CCNC(=NCc1ccc(C)cc1OC(C)C)NCC(=O)Nc1ccc(O)cc1. The van der Waals surface area contributed by atoms with E-state index in [1.807, 2.05) is 45.9 Å². The fraction of sp³-hybridized carbons (Fsp3) is 0.364. The molecule has 0 aliphatic carbocycles. The number of aromatic hydroxyl groups is 1. The Morgan fingerprint density at radius 3 is 2.52 bits per heavy atom. The maximum Gasteiger partial charge on any atom is 0.243 e. The third-order valence-corrected chi connectivity index (χ3v) is 3.90. The summed E-state index contributed by atoms with van der Waals surface area (Å²) in [5.74, 6) is 1.31.